The summed E-state index contributed by atoms with van der Waals surface area (Å²) in [4.78, 5) is 24.1. The number of nitrogens with one attached hydrogen (secondary N) is 2. The summed E-state index contributed by atoms with van der Waals surface area (Å²) >= 11 is 0. The summed E-state index contributed by atoms with van der Waals surface area (Å²) in [6.07, 6.45) is 4.64. The zero-order chi connectivity index (χ0) is 30.1. The van der Waals surface area contributed by atoms with Crippen LogP contribution in [0.15, 0.2) is 60.9 Å². The number of aromatic nitrogens is 7. The number of carbonyl (C=O) groups is 1. The number of halogens is 1. The number of aryl methyl sites for hydroxylation is 1. The summed E-state index contributed by atoms with van der Waals surface area (Å²) in [7, 11) is 5.45. The summed E-state index contributed by atoms with van der Waals surface area (Å²) in [5.74, 6) is -0.0368. The van der Waals surface area contributed by atoms with Crippen molar-refractivity contribution in [3.63, 3.8) is 0 Å². The molecule has 0 radical (unpaired) electrons. The van der Waals surface area contributed by atoms with Crippen LogP contribution in [0.3, 0.4) is 0 Å². The van der Waals surface area contributed by atoms with Crippen molar-refractivity contribution in [3.05, 3.63) is 78.0 Å². The molecule has 12 nitrogen and oxygen atoms in total. The number of amides is 2. The molecule has 5 heterocycles. The summed E-state index contributed by atoms with van der Waals surface area (Å²) in [6.45, 7) is 2.49. The number of ether oxygens (including phenoxy) is 1. The van der Waals surface area contributed by atoms with Gasteiger partial charge in [-0.1, -0.05) is 23.4 Å². The van der Waals surface area contributed by atoms with Crippen LogP contribution in [-0.4, -0.2) is 78.5 Å². The van der Waals surface area contributed by atoms with Crippen molar-refractivity contribution < 1.29 is 13.9 Å². The van der Waals surface area contributed by atoms with Crippen LogP contribution in [0.1, 0.15) is 30.0 Å². The first-order valence-electron chi connectivity index (χ1n) is 14.0. The molecule has 1 aliphatic rings. The van der Waals surface area contributed by atoms with Crippen molar-refractivity contribution >= 4 is 23.0 Å². The molecule has 1 fully saturated rings. The van der Waals surface area contributed by atoms with Gasteiger partial charge in [0.25, 0.3) is 0 Å². The third kappa shape index (κ3) is 5.56. The van der Waals surface area contributed by atoms with E-state index in [1.165, 1.54) is 12.3 Å². The summed E-state index contributed by atoms with van der Waals surface area (Å²) in [5, 5.41) is 19.4. The van der Waals surface area contributed by atoms with E-state index in [9.17, 15) is 9.18 Å². The number of fused-ring (bicyclic) bond motifs is 1. The summed E-state index contributed by atoms with van der Waals surface area (Å²) in [6, 6.07) is 13.9. The van der Waals surface area contributed by atoms with Crippen molar-refractivity contribution in [2.45, 2.75) is 37.9 Å². The van der Waals surface area contributed by atoms with Crippen molar-refractivity contribution in [3.8, 4) is 16.9 Å². The average Bonchev–Trinajstić information content (AvgIpc) is 3.64. The van der Waals surface area contributed by atoms with Gasteiger partial charge in [0.15, 0.2) is 5.65 Å². The molecule has 13 heteroatoms. The molecular formula is C30H33FN10O2. The number of pyridine rings is 2. The van der Waals surface area contributed by atoms with Gasteiger partial charge in [-0.05, 0) is 62.7 Å². The number of para-hydroxylation sites is 1. The van der Waals surface area contributed by atoms with Gasteiger partial charge in [-0.2, -0.15) is 9.49 Å². The lowest BCUT2D eigenvalue weighted by atomic mass is 10.0. The Labute approximate surface area is 247 Å². The van der Waals surface area contributed by atoms with E-state index in [2.05, 4.69) is 35.8 Å². The van der Waals surface area contributed by atoms with E-state index < -0.39 is 5.95 Å². The summed E-state index contributed by atoms with van der Waals surface area (Å²) in [5.41, 5.74) is 5.01. The van der Waals surface area contributed by atoms with Crippen molar-refractivity contribution in [2.24, 2.45) is 7.05 Å². The topological polar surface area (TPSA) is 128 Å². The molecule has 1 saturated heterocycles. The van der Waals surface area contributed by atoms with Crippen LogP contribution in [0, 0.1) is 12.9 Å². The van der Waals surface area contributed by atoms with E-state index >= 15 is 0 Å². The molecule has 5 aromatic rings. The van der Waals surface area contributed by atoms with E-state index in [0.29, 0.717) is 35.7 Å². The van der Waals surface area contributed by atoms with Gasteiger partial charge in [-0.3, -0.25) is 10.2 Å². The number of urea groups is 1. The third-order valence-electron chi connectivity index (χ3n) is 8.05. The smallest absolute Gasteiger partial charge is 0.320 e. The highest BCUT2D eigenvalue weighted by atomic mass is 19.1. The van der Waals surface area contributed by atoms with Gasteiger partial charge < -0.3 is 10.1 Å². The first-order chi connectivity index (χ1) is 20.8. The molecule has 1 aliphatic heterocycles. The Hall–Kier alpha value is -4.75. The van der Waals surface area contributed by atoms with Crippen LogP contribution in [0.2, 0.25) is 0 Å². The lowest BCUT2D eigenvalue weighted by Gasteiger charge is -2.28. The van der Waals surface area contributed by atoms with Gasteiger partial charge in [-0.25, -0.2) is 24.1 Å². The standard InChI is InChI=1S/C30H33FN10O2/c1-18-26(20-14-24-29(33-17-20)40(3)38-36-24)37-41(21-8-6-5-7-9-21)28(18)35-30(42)34-23-16-22(11-13-43-4)39(2)27(23)19-10-12-32-25(31)15-19/h5-10,12,14-15,17,22-23,27H,11,13,16H2,1-4H3,(H2,34,35,42)/t22-,23-,27+/m1/s1. The van der Waals surface area contributed by atoms with Gasteiger partial charge >= 0.3 is 6.03 Å². The Bertz CT molecular complexity index is 1750. The first-order valence-corrected chi connectivity index (χ1v) is 14.0. The van der Waals surface area contributed by atoms with Gasteiger partial charge in [0.1, 0.15) is 11.3 Å². The molecule has 0 aliphatic carbocycles. The molecule has 1 aromatic carbocycles. The number of hydrogen-bond donors (Lipinski definition) is 2. The van der Waals surface area contributed by atoms with Gasteiger partial charge in [-0.15, -0.1) is 5.10 Å². The van der Waals surface area contributed by atoms with Crippen LogP contribution in [0.4, 0.5) is 15.0 Å². The minimum Gasteiger partial charge on any atom is -0.385 e. The number of likely N-dealkylation sites (N-methyl/N-ethyl adjacent to an activating group) is 1. The Morgan fingerprint density at radius 1 is 1.14 bits per heavy atom. The number of anilines is 1. The summed E-state index contributed by atoms with van der Waals surface area (Å²) < 4.78 is 22.8. The van der Waals surface area contributed by atoms with Crippen LogP contribution in [-0.2, 0) is 11.8 Å². The largest absolute Gasteiger partial charge is 0.385 e. The highest BCUT2D eigenvalue weighted by molar-refractivity contribution is 5.91. The molecule has 43 heavy (non-hydrogen) atoms. The Morgan fingerprint density at radius 3 is 2.72 bits per heavy atom. The fraction of sp³-hybridized carbons (Fsp3) is 0.333. The van der Waals surface area contributed by atoms with Crippen molar-refractivity contribution in [1.82, 2.24) is 45.0 Å². The monoisotopic (exact) mass is 584 g/mol. The minimum absolute atomic E-state index is 0.137. The molecule has 0 saturated carbocycles. The lowest BCUT2D eigenvalue weighted by molar-refractivity contribution is 0.150. The molecule has 2 amide bonds. The molecule has 0 unspecified atom stereocenters. The van der Waals surface area contributed by atoms with E-state index in [1.807, 2.05) is 50.4 Å². The molecule has 3 atom stereocenters. The quantitative estimate of drug-likeness (QED) is 0.262. The molecule has 4 aromatic heterocycles. The SMILES string of the molecule is COCC[C@@H]1C[C@@H](NC(=O)Nc2c(C)c(-c3cnc4c(c3)nnn4C)nn2-c2ccccc2)[C@H](c2ccnc(F)c2)N1C. The fourth-order valence-electron chi connectivity index (χ4n) is 5.92. The van der Waals surface area contributed by atoms with Crippen molar-refractivity contribution in [1.29, 1.82) is 0 Å². The van der Waals surface area contributed by atoms with Gasteiger partial charge in [0.05, 0.1) is 23.5 Å². The number of hydrogen-bond acceptors (Lipinski definition) is 8. The first kappa shape index (κ1) is 28.4. The number of benzene rings is 1. The van der Waals surface area contributed by atoms with Crippen LogP contribution >= 0.6 is 0 Å². The maximum Gasteiger partial charge on any atom is 0.320 e. The van der Waals surface area contributed by atoms with E-state index in [0.717, 1.165) is 28.8 Å². The lowest BCUT2D eigenvalue weighted by Crippen LogP contribution is -2.41. The number of likely N-dealkylation sites (tertiary alicyclic amines) is 1. The minimum atomic E-state index is -0.557. The Balaban J connectivity index is 1.32. The third-order valence-corrected chi connectivity index (χ3v) is 8.05. The van der Waals surface area contributed by atoms with Crippen molar-refractivity contribution in [2.75, 3.05) is 26.1 Å². The second-order valence-corrected chi connectivity index (χ2v) is 10.7. The molecule has 0 spiro atoms. The average molecular weight is 585 g/mol. The number of carbonyl (C=O) groups excluding carboxylic acids is 1. The predicted octanol–water partition coefficient (Wildman–Crippen LogP) is 4.03. The predicted molar refractivity (Wildman–Crippen MR) is 159 cm³/mol. The molecular weight excluding hydrogens is 551 g/mol. The van der Waals surface area contributed by atoms with E-state index in [4.69, 9.17) is 9.84 Å². The van der Waals surface area contributed by atoms with Gasteiger partial charge in [0, 0.05) is 50.3 Å². The normalized spacial score (nSPS) is 18.8. The molecule has 0 bridgehead atoms. The van der Waals surface area contributed by atoms with Crippen LogP contribution < -0.4 is 10.6 Å². The number of methoxy groups -OCH3 is 1. The van der Waals surface area contributed by atoms with E-state index in [-0.39, 0.29) is 24.2 Å². The van der Waals surface area contributed by atoms with Crippen LogP contribution in [0.25, 0.3) is 28.1 Å². The maximum atomic E-state index is 14.1. The molecule has 222 valence electrons. The Morgan fingerprint density at radius 2 is 1.95 bits per heavy atom. The highest BCUT2D eigenvalue weighted by Crippen LogP contribution is 2.37. The second kappa shape index (κ2) is 11.9. The van der Waals surface area contributed by atoms with E-state index in [1.54, 1.807) is 35.8 Å². The molecule has 2 N–H and O–H groups in total. The number of rotatable bonds is 8. The maximum absolute atomic E-state index is 14.1. The fourth-order valence-corrected chi connectivity index (χ4v) is 5.92. The van der Waals surface area contributed by atoms with Gasteiger partial charge in [0.2, 0.25) is 5.95 Å². The number of nitrogens with zero attached hydrogens (tertiary/aromatic N) is 8. The Kier molecular flexibility index (Phi) is 7.82. The molecule has 6 rings (SSSR count). The highest BCUT2D eigenvalue weighted by Gasteiger charge is 2.40. The second-order valence-electron chi connectivity index (χ2n) is 10.7. The zero-order valence-corrected chi connectivity index (χ0v) is 24.4. The zero-order valence-electron chi connectivity index (χ0n) is 24.4. The van der Waals surface area contributed by atoms with Crippen LogP contribution in [0.5, 0.6) is 0 Å².